The topological polar surface area (TPSA) is 84.1 Å². The molecule has 1 aromatic carbocycles. The second-order valence-electron chi connectivity index (χ2n) is 5.51. The lowest BCUT2D eigenvalue weighted by Crippen LogP contribution is -2.07. The Labute approximate surface area is 159 Å². The van der Waals surface area contributed by atoms with Crippen molar-refractivity contribution in [1.29, 1.82) is 0 Å². The van der Waals surface area contributed by atoms with Crippen molar-refractivity contribution in [1.82, 2.24) is 15.2 Å². The molecule has 3 rings (SSSR count). The Kier molecular flexibility index (Phi) is 6.41. The highest BCUT2D eigenvalue weighted by Crippen LogP contribution is 2.22. The second kappa shape index (κ2) is 9.16. The van der Waals surface area contributed by atoms with Crippen LogP contribution in [0.3, 0.4) is 0 Å². The molecule has 0 spiro atoms. The van der Waals surface area contributed by atoms with E-state index >= 15 is 0 Å². The van der Waals surface area contributed by atoms with Crippen molar-refractivity contribution in [2.24, 2.45) is 0 Å². The predicted octanol–water partition coefficient (Wildman–Crippen LogP) is 3.37. The van der Waals surface area contributed by atoms with Crippen molar-refractivity contribution in [2.75, 3.05) is 6.61 Å². The first-order chi connectivity index (χ1) is 13.2. The van der Waals surface area contributed by atoms with Gasteiger partial charge in [-0.15, -0.1) is 17.4 Å². The highest BCUT2D eigenvalue weighted by Gasteiger charge is 2.22. The van der Waals surface area contributed by atoms with Crippen molar-refractivity contribution < 1.29 is 18.1 Å². The number of hydrogen-bond donors (Lipinski definition) is 0. The molecule has 8 heteroatoms. The minimum atomic E-state index is -1.55. The van der Waals surface area contributed by atoms with E-state index in [2.05, 4.69) is 21.1 Å². The third-order valence-electron chi connectivity index (χ3n) is 3.50. The van der Waals surface area contributed by atoms with Crippen LogP contribution < -0.4 is 4.74 Å². The first kappa shape index (κ1) is 18.9. The average molecular weight is 385 g/mol. The molecule has 0 saturated carbocycles. The molecule has 27 heavy (non-hydrogen) atoms. The van der Waals surface area contributed by atoms with E-state index in [1.54, 1.807) is 18.3 Å². The van der Waals surface area contributed by atoms with Gasteiger partial charge >= 0.3 is 5.22 Å². The van der Waals surface area contributed by atoms with Crippen molar-refractivity contribution in [3.05, 3.63) is 54.1 Å². The van der Waals surface area contributed by atoms with E-state index in [1.807, 2.05) is 0 Å². The quantitative estimate of drug-likeness (QED) is 0.336. The van der Waals surface area contributed by atoms with Crippen LogP contribution in [0.5, 0.6) is 5.75 Å². The van der Waals surface area contributed by atoms with Crippen molar-refractivity contribution >= 4 is 11.2 Å². The SMILES string of the molecule is C#CCCCOc1ccc(C[S@+]([O-])c2nnc(-c3ccc(F)cc3)o2)nc1. The summed E-state index contributed by atoms with van der Waals surface area (Å²) in [6.45, 7) is 0.519. The van der Waals surface area contributed by atoms with Gasteiger partial charge < -0.3 is 13.7 Å². The first-order valence-electron chi connectivity index (χ1n) is 8.15. The van der Waals surface area contributed by atoms with E-state index in [0.717, 1.165) is 6.42 Å². The minimum Gasteiger partial charge on any atom is -0.607 e. The number of hydrogen-bond acceptors (Lipinski definition) is 6. The van der Waals surface area contributed by atoms with Gasteiger partial charge in [0.2, 0.25) is 0 Å². The van der Waals surface area contributed by atoms with Crippen LogP contribution in [0.1, 0.15) is 18.5 Å². The standard InChI is InChI=1S/C19H16FN3O3S/c1-2-3-4-11-25-17-10-9-16(21-12-17)13-27(24)19-23-22-18(26-19)14-5-7-15(20)8-6-14/h1,5-10,12H,3-4,11,13H2/t27-/m0/s1. The summed E-state index contributed by atoms with van der Waals surface area (Å²) >= 11 is -1.55. The molecule has 0 N–H and O–H groups in total. The van der Waals surface area contributed by atoms with Crippen molar-refractivity contribution in [2.45, 2.75) is 23.8 Å². The summed E-state index contributed by atoms with van der Waals surface area (Å²) in [5.41, 5.74) is 1.16. The number of ether oxygens (including phenoxy) is 1. The van der Waals surface area contributed by atoms with Gasteiger partial charge in [0.15, 0.2) is 5.75 Å². The molecular formula is C19H16FN3O3S. The molecular weight excluding hydrogens is 369 g/mol. The largest absolute Gasteiger partial charge is 0.607 e. The lowest BCUT2D eigenvalue weighted by atomic mass is 10.2. The summed E-state index contributed by atoms with van der Waals surface area (Å²) < 4.78 is 36.3. The molecule has 138 valence electrons. The van der Waals surface area contributed by atoms with Gasteiger partial charge in [-0.1, -0.05) is 5.10 Å². The Balaban J connectivity index is 1.58. The predicted molar refractivity (Wildman–Crippen MR) is 97.6 cm³/mol. The third kappa shape index (κ3) is 5.29. The van der Waals surface area contributed by atoms with E-state index in [0.29, 0.717) is 30.0 Å². The highest BCUT2D eigenvalue weighted by molar-refractivity contribution is 7.90. The number of terminal acetylenes is 1. The lowest BCUT2D eigenvalue weighted by molar-refractivity contribution is 0.311. The lowest BCUT2D eigenvalue weighted by Gasteiger charge is -2.07. The monoisotopic (exact) mass is 385 g/mol. The van der Waals surface area contributed by atoms with E-state index in [-0.39, 0.29) is 22.7 Å². The second-order valence-corrected chi connectivity index (χ2v) is 6.84. The Morgan fingerprint density at radius 3 is 2.70 bits per heavy atom. The van der Waals surface area contributed by atoms with Gasteiger partial charge in [0, 0.05) is 12.0 Å². The molecule has 3 aromatic rings. The van der Waals surface area contributed by atoms with Crippen LogP contribution in [0.15, 0.2) is 52.2 Å². The summed E-state index contributed by atoms with van der Waals surface area (Å²) in [7, 11) is 0. The number of benzene rings is 1. The van der Waals surface area contributed by atoms with Crippen molar-refractivity contribution in [3.8, 4) is 29.5 Å². The minimum absolute atomic E-state index is 0.00858. The molecule has 2 aromatic heterocycles. The number of nitrogens with zero attached hydrogens (tertiary/aromatic N) is 3. The number of rotatable bonds is 8. The summed E-state index contributed by atoms with van der Waals surface area (Å²) in [6, 6.07) is 9.09. The first-order valence-corrected chi connectivity index (χ1v) is 9.46. The zero-order valence-electron chi connectivity index (χ0n) is 14.3. The Morgan fingerprint density at radius 2 is 2.00 bits per heavy atom. The Hall–Kier alpha value is -2.89. The van der Waals surface area contributed by atoms with E-state index in [1.165, 1.54) is 24.3 Å². The molecule has 0 aliphatic carbocycles. The molecule has 0 aliphatic rings. The van der Waals surface area contributed by atoms with Crippen LogP contribution in [-0.4, -0.2) is 26.3 Å². The zero-order chi connectivity index (χ0) is 19.1. The summed E-state index contributed by atoms with van der Waals surface area (Å²) in [5.74, 6) is 3.12. The van der Waals surface area contributed by atoms with Crippen molar-refractivity contribution in [3.63, 3.8) is 0 Å². The molecule has 0 unspecified atom stereocenters. The molecule has 0 fully saturated rings. The van der Waals surface area contributed by atoms with Crippen LogP contribution in [0.2, 0.25) is 0 Å². The zero-order valence-corrected chi connectivity index (χ0v) is 15.1. The maximum atomic E-state index is 13.0. The smallest absolute Gasteiger partial charge is 0.436 e. The maximum Gasteiger partial charge on any atom is 0.436 e. The van der Waals surface area contributed by atoms with Crippen LogP contribution in [-0.2, 0) is 16.9 Å². The van der Waals surface area contributed by atoms with Gasteiger partial charge in [0.25, 0.3) is 5.89 Å². The highest BCUT2D eigenvalue weighted by atomic mass is 32.2. The number of halogens is 1. The molecule has 0 amide bonds. The van der Waals surface area contributed by atoms with Crippen LogP contribution >= 0.6 is 0 Å². The van der Waals surface area contributed by atoms with E-state index in [9.17, 15) is 8.94 Å². The van der Waals surface area contributed by atoms with Crippen LogP contribution in [0.4, 0.5) is 4.39 Å². The number of unbranched alkanes of at least 4 members (excludes halogenated alkanes) is 1. The summed E-state index contributed by atoms with van der Waals surface area (Å²) in [4.78, 5) is 4.23. The average Bonchev–Trinajstić information content (AvgIpc) is 3.17. The Bertz CT molecular complexity index is 907. The van der Waals surface area contributed by atoms with E-state index < -0.39 is 11.2 Å². The summed E-state index contributed by atoms with van der Waals surface area (Å²) in [5, 5.41) is 7.65. The van der Waals surface area contributed by atoms with Gasteiger partial charge in [-0.05, 0) is 42.8 Å². The number of aromatic nitrogens is 3. The Morgan fingerprint density at radius 1 is 1.19 bits per heavy atom. The van der Waals surface area contributed by atoms with Gasteiger partial charge in [-0.25, -0.2) is 4.39 Å². The van der Waals surface area contributed by atoms with Crippen LogP contribution in [0.25, 0.3) is 11.5 Å². The molecule has 6 nitrogen and oxygen atoms in total. The fourth-order valence-corrected chi connectivity index (χ4v) is 3.02. The molecule has 1 atom stereocenters. The fraction of sp³-hybridized carbons (Fsp3) is 0.211. The normalized spacial score (nSPS) is 11.7. The molecule has 0 bridgehead atoms. The molecule has 0 saturated heterocycles. The fourth-order valence-electron chi connectivity index (χ4n) is 2.15. The maximum absolute atomic E-state index is 13.0. The van der Waals surface area contributed by atoms with Gasteiger partial charge in [-0.2, -0.15) is 0 Å². The van der Waals surface area contributed by atoms with Gasteiger partial charge in [0.05, 0.1) is 29.7 Å². The molecule has 0 radical (unpaired) electrons. The van der Waals surface area contributed by atoms with E-state index in [4.69, 9.17) is 15.6 Å². The summed E-state index contributed by atoms with van der Waals surface area (Å²) in [6.07, 6.45) is 8.19. The third-order valence-corrected chi connectivity index (χ3v) is 4.62. The van der Waals surface area contributed by atoms with Crippen LogP contribution in [0, 0.1) is 18.2 Å². The molecule has 2 heterocycles. The molecule has 0 aliphatic heterocycles. The number of pyridine rings is 1. The van der Waals surface area contributed by atoms with Gasteiger partial charge in [-0.3, -0.25) is 4.98 Å². The van der Waals surface area contributed by atoms with Gasteiger partial charge in [0.1, 0.15) is 11.6 Å².